The summed E-state index contributed by atoms with van der Waals surface area (Å²) in [6.07, 6.45) is 1.84. The molecule has 3 unspecified atom stereocenters. The summed E-state index contributed by atoms with van der Waals surface area (Å²) in [5.74, 6) is -0.316. The van der Waals surface area contributed by atoms with Crippen LogP contribution in [0.15, 0.2) is 0 Å². The zero-order valence-corrected chi connectivity index (χ0v) is 11.9. The largest absolute Gasteiger partial charge is 0.459 e. The highest BCUT2D eigenvalue weighted by Gasteiger charge is 2.35. The Balaban J connectivity index is 2.53. The van der Waals surface area contributed by atoms with Crippen LogP contribution in [0.25, 0.3) is 0 Å². The highest BCUT2D eigenvalue weighted by atomic mass is 16.6. The van der Waals surface area contributed by atoms with E-state index in [2.05, 4.69) is 0 Å². The van der Waals surface area contributed by atoms with Gasteiger partial charge in [0.05, 0.1) is 19.1 Å². The van der Waals surface area contributed by atoms with Gasteiger partial charge in [-0.15, -0.1) is 0 Å². The number of carbonyl (C=O) groups is 1. The topological polar surface area (TPSA) is 76.0 Å². The highest BCUT2D eigenvalue weighted by molar-refractivity contribution is 5.72. The van der Waals surface area contributed by atoms with Gasteiger partial charge in [-0.1, -0.05) is 26.7 Å². The van der Waals surface area contributed by atoms with Crippen molar-refractivity contribution in [3.63, 3.8) is 0 Å². The average Bonchev–Trinajstić information content (AvgIpc) is 2.41. The fourth-order valence-electron chi connectivity index (χ4n) is 2.46. The lowest BCUT2D eigenvalue weighted by atomic mass is 9.97. The summed E-state index contributed by atoms with van der Waals surface area (Å²) < 4.78 is 10.6. The fourth-order valence-corrected chi connectivity index (χ4v) is 2.46. The zero-order chi connectivity index (χ0) is 14.3. The van der Waals surface area contributed by atoms with Gasteiger partial charge in [0.15, 0.2) is 0 Å². The Labute approximate surface area is 114 Å². The van der Waals surface area contributed by atoms with Gasteiger partial charge in [0, 0.05) is 6.42 Å². The van der Waals surface area contributed by atoms with Crippen molar-refractivity contribution in [3.8, 4) is 0 Å². The Morgan fingerprint density at radius 1 is 1.37 bits per heavy atom. The van der Waals surface area contributed by atoms with Gasteiger partial charge >= 0.3 is 5.97 Å². The SMILES string of the molecule is CCCC(CCC)C(=O)OC1CCOC(CO)C1O. The molecule has 1 rings (SSSR count). The lowest BCUT2D eigenvalue weighted by molar-refractivity contribution is -0.185. The van der Waals surface area contributed by atoms with Gasteiger partial charge in [-0.2, -0.15) is 0 Å². The van der Waals surface area contributed by atoms with E-state index in [4.69, 9.17) is 14.6 Å². The molecule has 0 aliphatic carbocycles. The molecule has 5 nitrogen and oxygen atoms in total. The van der Waals surface area contributed by atoms with Crippen molar-refractivity contribution in [2.45, 2.75) is 64.3 Å². The maximum absolute atomic E-state index is 12.1. The maximum Gasteiger partial charge on any atom is 0.309 e. The second-order valence-corrected chi connectivity index (χ2v) is 5.12. The summed E-state index contributed by atoms with van der Waals surface area (Å²) in [4.78, 5) is 12.1. The molecule has 0 aromatic heterocycles. The lowest BCUT2D eigenvalue weighted by Gasteiger charge is -2.34. The number of ether oxygens (including phenoxy) is 2. The molecule has 1 saturated heterocycles. The molecule has 3 atom stereocenters. The molecule has 1 heterocycles. The fraction of sp³-hybridized carbons (Fsp3) is 0.929. The van der Waals surface area contributed by atoms with Gasteiger partial charge in [-0.25, -0.2) is 0 Å². The average molecular weight is 274 g/mol. The summed E-state index contributed by atoms with van der Waals surface area (Å²) in [5, 5.41) is 19.0. The van der Waals surface area contributed by atoms with Crippen LogP contribution < -0.4 is 0 Å². The number of esters is 1. The molecule has 0 bridgehead atoms. The van der Waals surface area contributed by atoms with Crippen molar-refractivity contribution >= 4 is 5.97 Å². The first kappa shape index (κ1) is 16.4. The minimum atomic E-state index is -0.938. The predicted octanol–water partition coefficient (Wildman–Crippen LogP) is 1.26. The first-order chi connectivity index (χ1) is 9.13. The van der Waals surface area contributed by atoms with Crippen molar-refractivity contribution in [2.75, 3.05) is 13.2 Å². The van der Waals surface area contributed by atoms with Crippen LogP contribution in [-0.4, -0.2) is 47.7 Å². The molecule has 1 fully saturated rings. The minimum absolute atomic E-state index is 0.0855. The van der Waals surface area contributed by atoms with Crippen molar-refractivity contribution in [1.29, 1.82) is 0 Å². The van der Waals surface area contributed by atoms with Crippen LogP contribution in [0.2, 0.25) is 0 Å². The Morgan fingerprint density at radius 2 is 2.00 bits per heavy atom. The van der Waals surface area contributed by atoms with Crippen molar-refractivity contribution in [2.24, 2.45) is 5.92 Å². The molecule has 0 aromatic carbocycles. The smallest absolute Gasteiger partial charge is 0.309 e. The summed E-state index contributed by atoms with van der Waals surface area (Å²) in [7, 11) is 0. The molecule has 1 aliphatic heterocycles. The first-order valence-electron chi connectivity index (χ1n) is 7.25. The predicted molar refractivity (Wildman–Crippen MR) is 70.6 cm³/mol. The number of carbonyl (C=O) groups excluding carboxylic acids is 1. The third-order valence-corrected chi connectivity index (χ3v) is 3.55. The molecule has 112 valence electrons. The van der Waals surface area contributed by atoms with Gasteiger partial charge < -0.3 is 19.7 Å². The monoisotopic (exact) mass is 274 g/mol. The van der Waals surface area contributed by atoms with Gasteiger partial charge in [0.25, 0.3) is 0 Å². The third kappa shape index (κ3) is 4.75. The summed E-state index contributed by atoms with van der Waals surface area (Å²) in [5.41, 5.74) is 0. The summed E-state index contributed by atoms with van der Waals surface area (Å²) in [6.45, 7) is 4.22. The van der Waals surface area contributed by atoms with Crippen LogP contribution in [-0.2, 0) is 14.3 Å². The van der Waals surface area contributed by atoms with Crippen LogP contribution in [0.3, 0.4) is 0 Å². The number of rotatable bonds is 7. The zero-order valence-electron chi connectivity index (χ0n) is 11.9. The van der Waals surface area contributed by atoms with Gasteiger partial charge in [-0.05, 0) is 12.8 Å². The second-order valence-electron chi connectivity index (χ2n) is 5.12. The number of hydrogen-bond acceptors (Lipinski definition) is 5. The van der Waals surface area contributed by atoms with E-state index in [1.165, 1.54) is 0 Å². The van der Waals surface area contributed by atoms with Gasteiger partial charge in [0.1, 0.15) is 18.3 Å². The van der Waals surface area contributed by atoms with E-state index in [-0.39, 0.29) is 18.5 Å². The number of hydrogen-bond donors (Lipinski definition) is 2. The van der Waals surface area contributed by atoms with E-state index in [9.17, 15) is 9.90 Å². The third-order valence-electron chi connectivity index (χ3n) is 3.55. The van der Waals surface area contributed by atoms with Crippen LogP contribution in [0.1, 0.15) is 46.0 Å². The molecule has 5 heteroatoms. The minimum Gasteiger partial charge on any atom is -0.459 e. The highest BCUT2D eigenvalue weighted by Crippen LogP contribution is 2.22. The first-order valence-corrected chi connectivity index (χ1v) is 7.25. The van der Waals surface area contributed by atoms with E-state index in [0.29, 0.717) is 13.0 Å². The molecule has 0 amide bonds. The second kappa shape index (κ2) is 8.51. The molecule has 0 spiro atoms. The Hall–Kier alpha value is -0.650. The summed E-state index contributed by atoms with van der Waals surface area (Å²) in [6, 6.07) is 0. The molecule has 19 heavy (non-hydrogen) atoms. The Bertz CT molecular complexity index is 263. The van der Waals surface area contributed by atoms with E-state index >= 15 is 0 Å². The summed E-state index contributed by atoms with van der Waals surface area (Å²) >= 11 is 0. The number of aliphatic hydroxyl groups excluding tert-OH is 2. The van der Waals surface area contributed by atoms with E-state index in [0.717, 1.165) is 25.7 Å². The molecule has 0 saturated carbocycles. The Kier molecular flexibility index (Phi) is 7.34. The van der Waals surface area contributed by atoms with Crippen molar-refractivity contribution < 1.29 is 24.5 Å². The molecule has 0 radical (unpaired) electrons. The van der Waals surface area contributed by atoms with Crippen molar-refractivity contribution in [3.05, 3.63) is 0 Å². The Morgan fingerprint density at radius 3 is 2.53 bits per heavy atom. The molecule has 1 aliphatic rings. The van der Waals surface area contributed by atoms with Crippen LogP contribution in [0.5, 0.6) is 0 Å². The standard InChI is InChI=1S/C14H26O5/c1-3-5-10(6-4-2)14(17)19-11-7-8-18-12(9-15)13(11)16/h10-13,15-16H,3-9H2,1-2H3. The molecule has 0 aromatic rings. The van der Waals surface area contributed by atoms with Gasteiger partial charge in [0.2, 0.25) is 0 Å². The quantitative estimate of drug-likeness (QED) is 0.683. The number of aliphatic hydroxyl groups is 2. The van der Waals surface area contributed by atoms with Crippen LogP contribution >= 0.6 is 0 Å². The normalized spacial score (nSPS) is 27.5. The molecular formula is C14H26O5. The van der Waals surface area contributed by atoms with E-state index in [1.54, 1.807) is 0 Å². The maximum atomic E-state index is 12.1. The van der Waals surface area contributed by atoms with E-state index < -0.39 is 18.3 Å². The van der Waals surface area contributed by atoms with Crippen LogP contribution in [0, 0.1) is 5.92 Å². The molecule has 2 N–H and O–H groups in total. The van der Waals surface area contributed by atoms with Crippen molar-refractivity contribution in [1.82, 2.24) is 0 Å². The molecular weight excluding hydrogens is 248 g/mol. The van der Waals surface area contributed by atoms with E-state index in [1.807, 2.05) is 13.8 Å². The van der Waals surface area contributed by atoms with Gasteiger partial charge in [-0.3, -0.25) is 4.79 Å². The van der Waals surface area contributed by atoms with Crippen LogP contribution in [0.4, 0.5) is 0 Å². The lowest BCUT2D eigenvalue weighted by Crippen LogP contribution is -2.48.